The van der Waals surface area contributed by atoms with Crippen LogP contribution in [-0.4, -0.2) is 51.0 Å². The van der Waals surface area contributed by atoms with Crippen LogP contribution in [0.5, 0.6) is 0 Å². The Morgan fingerprint density at radius 1 is 1.29 bits per heavy atom. The molecule has 24 heavy (non-hydrogen) atoms. The van der Waals surface area contributed by atoms with E-state index in [1.807, 2.05) is 10.9 Å². The highest BCUT2D eigenvalue weighted by Gasteiger charge is 2.26. The van der Waals surface area contributed by atoms with E-state index in [4.69, 9.17) is 0 Å². The van der Waals surface area contributed by atoms with Gasteiger partial charge < -0.3 is 5.32 Å². The first-order chi connectivity index (χ1) is 11.6. The van der Waals surface area contributed by atoms with Crippen molar-refractivity contribution in [1.29, 1.82) is 0 Å². The first-order valence-corrected chi connectivity index (χ1v) is 9.57. The second kappa shape index (κ2) is 8.10. The molecule has 2 heterocycles. The van der Waals surface area contributed by atoms with Crippen LogP contribution >= 0.6 is 0 Å². The zero-order valence-corrected chi connectivity index (χ0v) is 15.1. The van der Waals surface area contributed by atoms with Crippen molar-refractivity contribution >= 4 is 5.91 Å². The molecule has 1 saturated carbocycles. The SMILES string of the molecule is CC(C)CCN1CCC[C@H]1Cn1cc(C(=O)NC2CCCC2)nn1. The molecule has 1 aromatic rings. The van der Waals surface area contributed by atoms with Crippen LogP contribution in [0, 0.1) is 5.92 Å². The van der Waals surface area contributed by atoms with Crippen LogP contribution in [0.2, 0.25) is 0 Å². The minimum absolute atomic E-state index is 0.0729. The van der Waals surface area contributed by atoms with Crippen molar-refractivity contribution < 1.29 is 4.79 Å². The lowest BCUT2D eigenvalue weighted by atomic mass is 10.1. The topological polar surface area (TPSA) is 63.1 Å². The molecule has 1 aliphatic carbocycles. The van der Waals surface area contributed by atoms with Crippen LogP contribution in [0.25, 0.3) is 0 Å². The van der Waals surface area contributed by atoms with Crippen LogP contribution in [-0.2, 0) is 6.54 Å². The lowest BCUT2D eigenvalue weighted by molar-refractivity contribution is 0.0932. The summed E-state index contributed by atoms with van der Waals surface area (Å²) in [6.45, 7) is 7.73. The lowest BCUT2D eigenvalue weighted by Crippen LogP contribution is -2.34. The van der Waals surface area contributed by atoms with Gasteiger partial charge in [-0.3, -0.25) is 14.4 Å². The molecule has 0 spiro atoms. The summed E-state index contributed by atoms with van der Waals surface area (Å²) in [7, 11) is 0. The Morgan fingerprint density at radius 2 is 2.08 bits per heavy atom. The predicted molar refractivity (Wildman–Crippen MR) is 93.8 cm³/mol. The van der Waals surface area contributed by atoms with E-state index in [-0.39, 0.29) is 5.91 Å². The minimum Gasteiger partial charge on any atom is -0.348 e. The number of hydrogen-bond acceptors (Lipinski definition) is 4. The highest BCUT2D eigenvalue weighted by atomic mass is 16.2. The Hall–Kier alpha value is -1.43. The number of hydrogen-bond donors (Lipinski definition) is 1. The quantitative estimate of drug-likeness (QED) is 0.832. The monoisotopic (exact) mass is 333 g/mol. The van der Waals surface area contributed by atoms with Gasteiger partial charge in [-0.2, -0.15) is 0 Å². The molecule has 2 aliphatic rings. The Bertz CT molecular complexity index is 535. The largest absolute Gasteiger partial charge is 0.348 e. The number of aromatic nitrogens is 3. The van der Waals surface area contributed by atoms with E-state index in [2.05, 4.69) is 34.4 Å². The van der Waals surface area contributed by atoms with Crippen molar-refractivity contribution in [3.63, 3.8) is 0 Å². The van der Waals surface area contributed by atoms with E-state index < -0.39 is 0 Å². The van der Waals surface area contributed by atoms with Gasteiger partial charge >= 0.3 is 0 Å². The summed E-state index contributed by atoms with van der Waals surface area (Å²) in [6.07, 6.45) is 10.1. The summed E-state index contributed by atoms with van der Waals surface area (Å²) in [5.41, 5.74) is 0.452. The summed E-state index contributed by atoms with van der Waals surface area (Å²) in [5.74, 6) is 0.666. The Morgan fingerprint density at radius 3 is 2.83 bits per heavy atom. The van der Waals surface area contributed by atoms with E-state index in [9.17, 15) is 4.79 Å². The van der Waals surface area contributed by atoms with Crippen LogP contribution in [0.3, 0.4) is 0 Å². The van der Waals surface area contributed by atoms with E-state index in [1.165, 1.54) is 38.6 Å². The van der Waals surface area contributed by atoms with Crippen molar-refractivity contribution in [2.45, 2.75) is 77.4 Å². The molecule has 6 nitrogen and oxygen atoms in total. The molecule has 3 rings (SSSR count). The van der Waals surface area contributed by atoms with E-state index in [1.54, 1.807) is 0 Å². The molecule has 1 N–H and O–H groups in total. The van der Waals surface area contributed by atoms with Gasteiger partial charge in [-0.25, -0.2) is 0 Å². The fourth-order valence-corrected chi connectivity index (χ4v) is 3.86. The van der Waals surface area contributed by atoms with Gasteiger partial charge in [0.25, 0.3) is 5.91 Å². The molecule has 1 aliphatic heterocycles. The first-order valence-electron chi connectivity index (χ1n) is 9.57. The number of carbonyl (C=O) groups is 1. The van der Waals surface area contributed by atoms with E-state index >= 15 is 0 Å². The van der Waals surface area contributed by atoms with Gasteiger partial charge in [0.1, 0.15) is 0 Å². The molecule has 2 fully saturated rings. The maximum atomic E-state index is 12.3. The lowest BCUT2D eigenvalue weighted by Gasteiger charge is -2.24. The molecular formula is C18H31N5O. The van der Waals surface area contributed by atoms with Crippen LogP contribution in [0.4, 0.5) is 0 Å². The molecule has 134 valence electrons. The average molecular weight is 333 g/mol. The molecule has 6 heteroatoms. The molecule has 0 unspecified atom stereocenters. The maximum Gasteiger partial charge on any atom is 0.273 e. The highest BCUT2D eigenvalue weighted by Crippen LogP contribution is 2.20. The van der Waals surface area contributed by atoms with Gasteiger partial charge in [0.2, 0.25) is 0 Å². The van der Waals surface area contributed by atoms with Crippen molar-refractivity contribution in [2.75, 3.05) is 13.1 Å². The summed E-state index contributed by atoms with van der Waals surface area (Å²) >= 11 is 0. The zero-order chi connectivity index (χ0) is 16.9. The molecule has 0 bridgehead atoms. The van der Waals surface area contributed by atoms with Crippen molar-refractivity contribution in [1.82, 2.24) is 25.2 Å². The van der Waals surface area contributed by atoms with Gasteiger partial charge in [0, 0.05) is 12.1 Å². The molecule has 1 aromatic heterocycles. The second-order valence-electron chi connectivity index (χ2n) is 7.80. The fraction of sp³-hybridized carbons (Fsp3) is 0.833. The van der Waals surface area contributed by atoms with Crippen LogP contribution in [0.15, 0.2) is 6.20 Å². The highest BCUT2D eigenvalue weighted by molar-refractivity contribution is 5.92. The van der Waals surface area contributed by atoms with E-state index in [0.717, 1.165) is 31.8 Å². The van der Waals surface area contributed by atoms with Gasteiger partial charge in [-0.1, -0.05) is 31.9 Å². The van der Waals surface area contributed by atoms with Crippen molar-refractivity contribution in [2.24, 2.45) is 5.92 Å². The Balaban J connectivity index is 1.52. The molecule has 1 saturated heterocycles. The third kappa shape index (κ3) is 4.56. The average Bonchev–Trinajstić information content (AvgIpc) is 3.27. The van der Waals surface area contributed by atoms with Gasteiger partial charge in [0.15, 0.2) is 5.69 Å². The standard InChI is InChI=1S/C18H31N5O/c1-14(2)9-11-22-10-5-8-16(22)12-23-13-17(20-21-23)18(24)19-15-6-3-4-7-15/h13-16H,3-12H2,1-2H3,(H,19,24)/t16-/m0/s1. The summed E-state index contributed by atoms with van der Waals surface area (Å²) in [5, 5.41) is 11.3. The molecule has 0 aromatic carbocycles. The molecular weight excluding hydrogens is 302 g/mol. The predicted octanol–water partition coefficient (Wildman–Crippen LogP) is 2.46. The minimum atomic E-state index is -0.0729. The first kappa shape index (κ1) is 17.4. The second-order valence-corrected chi connectivity index (χ2v) is 7.80. The molecule has 0 radical (unpaired) electrons. The number of likely N-dealkylation sites (tertiary alicyclic amines) is 1. The van der Waals surface area contributed by atoms with Crippen molar-refractivity contribution in [3.05, 3.63) is 11.9 Å². The number of nitrogens with zero attached hydrogens (tertiary/aromatic N) is 4. The fourth-order valence-electron chi connectivity index (χ4n) is 3.86. The van der Waals surface area contributed by atoms with Gasteiger partial charge in [-0.05, 0) is 51.1 Å². The number of rotatable bonds is 7. The summed E-state index contributed by atoms with van der Waals surface area (Å²) < 4.78 is 1.85. The molecule has 1 amide bonds. The third-order valence-corrected chi connectivity index (χ3v) is 5.35. The number of nitrogens with one attached hydrogen (secondary N) is 1. The number of amides is 1. The maximum absolute atomic E-state index is 12.3. The van der Waals surface area contributed by atoms with Crippen molar-refractivity contribution in [3.8, 4) is 0 Å². The Kier molecular flexibility index (Phi) is 5.87. The zero-order valence-electron chi connectivity index (χ0n) is 15.1. The smallest absolute Gasteiger partial charge is 0.273 e. The van der Waals surface area contributed by atoms with Crippen LogP contribution < -0.4 is 5.32 Å². The van der Waals surface area contributed by atoms with E-state index in [0.29, 0.717) is 17.8 Å². The van der Waals surface area contributed by atoms with Gasteiger partial charge in [-0.15, -0.1) is 5.10 Å². The van der Waals surface area contributed by atoms with Gasteiger partial charge in [0.05, 0.1) is 12.7 Å². The number of carbonyl (C=O) groups excluding carboxylic acids is 1. The Labute approximate surface area is 145 Å². The normalized spacial score (nSPS) is 22.5. The summed E-state index contributed by atoms with van der Waals surface area (Å²) in [4.78, 5) is 14.8. The third-order valence-electron chi connectivity index (χ3n) is 5.35. The molecule has 1 atom stereocenters. The van der Waals surface area contributed by atoms with Crippen LogP contribution in [0.1, 0.15) is 69.3 Å². The summed E-state index contributed by atoms with van der Waals surface area (Å²) in [6, 6.07) is 0.847.